The Labute approximate surface area is 204 Å². The molecular weight excluding hydrogens is 507 g/mol. The molecule has 2 aromatic carbocycles. The van der Waals surface area contributed by atoms with Crippen LogP contribution >= 0.6 is 0 Å². The second-order valence-electron chi connectivity index (χ2n) is 8.18. The minimum atomic E-state index is -4.57. The van der Waals surface area contributed by atoms with E-state index in [2.05, 4.69) is 15.4 Å². The lowest BCUT2D eigenvalue weighted by atomic mass is 10.1. The first-order valence-corrected chi connectivity index (χ1v) is 12.2. The van der Waals surface area contributed by atoms with E-state index in [9.17, 15) is 31.2 Å². The zero-order valence-electron chi connectivity index (χ0n) is 18.7. The van der Waals surface area contributed by atoms with Crippen LogP contribution in [0.2, 0.25) is 0 Å². The molecule has 2 aromatic rings. The van der Waals surface area contributed by atoms with Crippen LogP contribution in [0.25, 0.3) is 0 Å². The molecule has 14 heteroatoms. The zero-order chi connectivity index (χ0) is 26.1. The fraction of sp³-hybridized carbons (Fsp3) is 0.364. The summed E-state index contributed by atoms with van der Waals surface area (Å²) in [5.41, 5.74) is -0.593. The minimum absolute atomic E-state index is 0.0358. The normalized spacial score (nSPS) is 23.7. The Hall–Kier alpha value is -3.20. The number of hydrogen-bond donors (Lipinski definition) is 3. The maximum absolute atomic E-state index is 12.9. The summed E-state index contributed by atoms with van der Waals surface area (Å²) in [6.07, 6.45) is -7.98. The fourth-order valence-electron chi connectivity index (χ4n) is 3.91. The van der Waals surface area contributed by atoms with Crippen LogP contribution in [-0.2, 0) is 35.2 Å². The van der Waals surface area contributed by atoms with Gasteiger partial charge in [-0.2, -0.15) is 13.2 Å². The van der Waals surface area contributed by atoms with Crippen molar-refractivity contribution in [1.82, 2.24) is 4.72 Å². The molecule has 0 bridgehead atoms. The lowest BCUT2D eigenvalue weighted by Crippen LogP contribution is -2.44. The number of anilines is 2. The highest BCUT2D eigenvalue weighted by Gasteiger charge is 2.50. The average Bonchev–Trinajstić information content (AvgIpc) is 3.36. The summed E-state index contributed by atoms with van der Waals surface area (Å²) in [4.78, 5) is 23.3. The average molecular weight is 529 g/mol. The molecule has 10 nitrogen and oxygen atoms in total. The first-order chi connectivity index (χ1) is 16.9. The predicted molar refractivity (Wildman–Crippen MR) is 120 cm³/mol. The molecule has 36 heavy (non-hydrogen) atoms. The van der Waals surface area contributed by atoms with Crippen LogP contribution in [0.15, 0.2) is 53.4 Å². The quantitative estimate of drug-likeness (QED) is 0.524. The van der Waals surface area contributed by atoms with E-state index >= 15 is 0 Å². The molecular formula is C22H22F3N3O7S. The van der Waals surface area contributed by atoms with Gasteiger partial charge in [-0.05, 0) is 42.5 Å². The number of carbonyl (C=O) groups excluding carboxylic acids is 2. The van der Waals surface area contributed by atoms with E-state index in [4.69, 9.17) is 14.2 Å². The van der Waals surface area contributed by atoms with Crippen LogP contribution in [0.4, 0.5) is 29.3 Å². The van der Waals surface area contributed by atoms with Crippen molar-refractivity contribution in [2.24, 2.45) is 0 Å². The van der Waals surface area contributed by atoms with Crippen LogP contribution < -0.4 is 15.4 Å². The van der Waals surface area contributed by atoms with E-state index in [1.807, 2.05) is 0 Å². The highest BCUT2D eigenvalue weighted by atomic mass is 32.2. The Morgan fingerprint density at radius 2 is 1.67 bits per heavy atom. The molecule has 0 aliphatic carbocycles. The standard InChI is InChI=1S/C22H22F3N3O7S/c1-12(29)26-14-5-7-16(8-6-14)36(31,32)28-17-10-33-20-18(11-34-19(17)20)35-21(30)27-15-4-2-3-13(9-15)22(23,24)25/h2-9,17-20,28H,10-11H2,1H3,(H,26,29)(H,27,30)/t17-,18+,19+,20+/m0/s1. The van der Waals surface area contributed by atoms with Crippen LogP contribution in [-0.4, -0.2) is 58.0 Å². The molecule has 2 saturated heterocycles. The zero-order valence-corrected chi connectivity index (χ0v) is 19.6. The number of rotatable bonds is 6. The lowest BCUT2D eigenvalue weighted by molar-refractivity contribution is -0.137. The molecule has 194 valence electrons. The Morgan fingerprint density at radius 3 is 2.33 bits per heavy atom. The maximum Gasteiger partial charge on any atom is 0.416 e. The predicted octanol–water partition coefficient (Wildman–Crippen LogP) is 2.73. The van der Waals surface area contributed by atoms with Gasteiger partial charge < -0.3 is 19.5 Å². The van der Waals surface area contributed by atoms with Gasteiger partial charge >= 0.3 is 12.3 Å². The van der Waals surface area contributed by atoms with Gasteiger partial charge in [0, 0.05) is 18.3 Å². The van der Waals surface area contributed by atoms with E-state index in [-0.39, 0.29) is 29.7 Å². The van der Waals surface area contributed by atoms with Crippen LogP contribution in [0, 0.1) is 0 Å². The number of hydrogen-bond acceptors (Lipinski definition) is 7. The number of ether oxygens (including phenoxy) is 3. The molecule has 2 fully saturated rings. The highest BCUT2D eigenvalue weighted by Crippen LogP contribution is 2.32. The number of amides is 2. The second kappa shape index (κ2) is 10.0. The van der Waals surface area contributed by atoms with Crippen molar-refractivity contribution in [3.8, 4) is 0 Å². The molecule has 0 radical (unpaired) electrons. The van der Waals surface area contributed by atoms with Gasteiger partial charge in [-0.1, -0.05) is 6.07 Å². The highest BCUT2D eigenvalue weighted by molar-refractivity contribution is 7.89. The van der Waals surface area contributed by atoms with Crippen molar-refractivity contribution in [1.29, 1.82) is 0 Å². The number of benzene rings is 2. The Kier molecular flexibility index (Phi) is 7.22. The van der Waals surface area contributed by atoms with Crippen molar-refractivity contribution in [2.45, 2.75) is 42.3 Å². The Balaban J connectivity index is 1.34. The SMILES string of the molecule is CC(=O)Nc1ccc(S(=O)(=O)N[C@H]2CO[C@H]3[C@@H]2OC[C@H]3OC(=O)Nc2cccc(C(F)(F)F)c2)cc1. The summed E-state index contributed by atoms with van der Waals surface area (Å²) < 4.78 is 83.2. The fourth-order valence-corrected chi connectivity index (χ4v) is 5.14. The molecule has 2 heterocycles. The molecule has 2 amide bonds. The van der Waals surface area contributed by atoms with E-state index in [1.54, 1.807) is 0 Å². The van der Waals surface area contributed by atoms with Crippen LogP contribution in [0.5, 0.6) is 0 Å². The third-order valence-corrected chi connectivity index (χ3v) is 7.00. The number of carbonyl (C=O) groups is 2. The number of alkyl halides is 3. The van der Waals surface area contributed by atoms with E-state index < -0.39 is 52.2 Å². The topological polar surface area (TPSA) is 132 Å². The van der Waals surface area contributed by atoms with Crippen molar-refractivity contribution in [2.75, 3.05) is 23.8 Å². The van der Waals surface area contributed by atoms with Crippen molar-refractivity contribution in [3.05, 3.63) is 54.1 Å². The largest absolute Gasteiger partial charge is 0.441 e. The third kappa shape index (κ3) is 5.95. The van der Waals surface area contributed by atoms with Gasteiger partial charge in [0.1, 0.15) is 12.2 Å². The van der Waals surface area contributed by atoms with Crippen LogP contribution in [0.1, 0.15) is 12.5 Å². The third-order valence-electron chi connectivity index (χ3n) is 5.49. The van der Waals surface area contributed by atoms with Gasteiger partial charge in [-0.15, -0.1) is 0 Å². The summed E-state index contributed by atoms with van der Waals surface area (Å²) in [7, 11) is -3.96. The lowest BCUT2D eigenvalue weighted by Gasteiger charge is -2.18. The molecule has 2 aliphatic rings. The first-order valence-electron chi connectivity index (χ1n) is 10.7. The van der Waals surface area contributed by atoms with Crippen molar-refractivity contribution in [3.63, 3.8) is 0 Å². The molecule has 0 saturated carbocycles. The maximum atomic E-state index is 12.9. The smallest absolute Gasteiger partial charge is 0.416 e. The second-order valence-corrected chi connectivity index (χ2v) is 9.89. The molecule has 3 N–H and O–H groups in total. The van der Waals surface area contributed by atoms with Gasteiger partial charge in [0.15, 0.2) is 6.10 Å². The van der Waals surface area contributed by atoms with E-state index in [0.29, 0.717) is 5.69 Å². The van der Waals surface area contributed by atoms with Gasteiger partial charge in [0.25, 0.3) is 0 Å². The van der Waals surface area contributed by atoms with Crippen molar-refractivity contribution < 1.29 is 45.4 Å². The van der Waals surface area contributed by atoms with Crippen molar-refractivity contribution >= 4 is 33.4 Å². The van der Waals surface area contributed by atoms with Gasteiger partial charge in [-0.25, -0.2) is 17.9 Å². The van der Waals surface area contributed by atoms with Gasteiger partial charge in [-0.3, -0.25) is 10.1 Å². The summed E-state index contributed by atoms with van der Waals surface area (Å²) in [6, 6.07) is 8.87. The minimum Gasteiger partial charge on any atom is -0.441 e. The summed E-state index contributed by atoms with van der Waals surface area (Å²) in [5.74, 6) is -0.295. The molecule has 0 spiro atoms. The number of sulfonamides is 1. The Bertz CT molecular complexity index is 1240. The van der Waals surface area contributed by atoms with Gasteiger partial charge in [0.05, 0.1) is 29.7 Å². The van der Waals surface area contributed by atoms with Gasteiger partial charge in [0.2, 0.25) is 15.9 Å². The van der Waals surface area contributed by atoms with E-state index in [0.717, 1.165) is 18.2 Å². The number of fused-ring (bicyclic) bond motifs is 1. The Morgan fingerprint density at radius 1 is 0.972 bits per heavy atom. The number of halogens is 3. The monoisotopic (exact) mass is 529 g/mol. The molecule has 0 unspecified atom stereocenters. The molecule has 4 rings (SSSR count). The molecule has 2 aliphatic heterocycles. The molecule has 0 aromatic heterocycles. The van der Waals surface area contributed by atoms with E-state index in [1.165, 1.54) is 37.3 Å². The molecule has 4 atom stereocenters. The number of nitrogens with one attached hydrogen (secondary N) is 3. The summed E-state index contributed by atoms with van der Waals surface area (Å²) in [6.45, 7) is 1.19. The first kappa shape index (κ1) is 25.9. The summed E-state index contributed by atoms with van der Waals surface area (Å²) >= 11 is 0. The van der Waals surface area contributed by atoms with Crippen LogP contribution in [0.3, 0.4) is 0 Å². The summed E-state index contributed by atoms with van der Waals surface area (Å²) in [5, 5.41) is 4.78.